The van der Waals surface area contributed by atoms with Crippen LogP contribution in [-0.2, 0) is 4.79 Å². The fraction of sp³-hybridized carbons (Fsp3) is 0.467. The molecule has 1 fully saturated rings. The number of amides is 1. The molecule has 1 aromatic rings. The summed E-state index contributed by atoms with van der Waals surface area (Å²) >= 11 is 0. The van der Waals surface area contributed by atoms with E-state index in [9.17, 15) is 24.8 Å². The number of nitro benzene ring substituents is 1. The van der Waals surface area contributed by atoms with Crippen molar-refractivity contribution in [3.63, 3.8) is 0 Å². The molecule has 0 spiro atoms. The van der Waals surface area contributed by atoms with Crippen LogP contribution in [0.15, 0.2) is 18.2 Å². The first-order valence-electron chi connectivity index (χ1n) is 7.23. The van der Waals surface area contributed by atoms with Crippen molar-refractivity contribution < 1.29 is 24.4 Å². The van der Waals surface area contributed by atoms with Crippen molar-refractivity contribution in [2.24, 2.45) is 5.92 Å². The predicted molar refractivity (Wildman–Crippen MR) is 80.5 cm³/mol. The van der Waals surface area contributed by atoms with E-state index in [1.165, 1.54) is 30.2 Å². The summed E-state index contributed by atoms with van der Waals surface area (Å²) < 4.78 is 4.96. The van der Waals surface area contributed by atoms with E-state index >= 15 is 0 Å². The zero-order chi connectivity index (χ0) is 17.1. The first-order valence-corrected chi connectivity index (χ1v) is 7.23. The lowest BCUT2D eigenvalue weighted by atomic mass is 9.90. The third kappa shape index (κ3) is 3.25. The molecule has 124 valence electrons. The molecule has 1 saturated heterocycles. The lowest BCUT2D eigenvalue weighted by Gasteiger charge is -2.37. The first kappa shape index (κ1) is 16.7. The Morgan fingerprint density at radius 1 is 1.43 bits per heavy atom. The van der Waals surface area contributed by atoms with Crippen molar-refractivity contribution in [1.82, 2.24) is 4.90 Å². The maximum atomic E-state index is 12.6. The van der Waals surface area contributed by atoms with Gasteiger partial charge in [-0.25, -0.2) is 0 Å². The van der Waals surface area contributed by atoms with Gasteiger partial charge in [-0.05, 0) is 25.8 Å². The Balaban J connectivity index is 2.29. The Bertz CT molecular complexity index is 645. The summed E-state index contributed by atoms with van der Waals surface area (Å²) in [5.74, 6) is -1.87. The maximum Gasteiger partial charge on any atom is 0.310 e. The number of benzene rings is 1. The number of hydrogen-bond donors (Lipinski definition) is 1. The number of aliphatic carboxylic acids is 1. The number of carboxylic acids is 1. The monoisotopic (exact) mass is 322 g/mol. The van der Waals surface area contributed by atoms with Crippen LogP contribution in [0.5, 0.6) is 5.75 Å². The summed E-state index contributed by atoms with van der Waals surface area (Å²) in [4.78, 5) is 35.7. The van der Waals surface area contributed by atoms with Gasteiger partial charge in [0.2, 0.25) is 0 Å². The molecule has 8 heteroatoms. The summed E-state index contributed by atoms with van der Waals surface area (Å²) in [5, 5.41) is 20.1. The lowest BCUT2D eigenvalue weighted by molar-refractivity contribution is -0.385. The third-order valence-corrected chi connectivity index (χ3v) is 4.19. The molecule has 2 rings (SSSR count). The van der Waals surface area contributed by atoms with E-state index < -0.39 is 22.9 Å². The number of piperidine rings is 1. The minimum Gasteiger partial charge on any atom is -0.490 e. The van der Waals surface area contributed by atoms with Crippen molar-refractivity contribution >= 4 is 17.6 Å². The number of carbonyl (C=O) groups excluding carboxylic acids is 1. The highest BCUT2D eigenvalue weighted by Crippen LogP contribution is 2.30. The number of rotatable bonds is 4. The van der Waals surface area contributed by atoms with Gasteiger partial charge in [-0.2, -0.15) is 0 Å². The van der Waals surface area contributed by atoms with Crippen LogP contribution in [0.3, 0.4) is 0 Å². The van der Waals surface area contributed by atoms with Crippen molar-refractivity contribution in [3.8, 4) is 5.75 Å². The van der Waals surface area contributed by atoms with Gasteiger partial charge in [0.1, 0.15) is 0 Å². The summed E-state index contributed by atoms with van der Waals surface area (Å²) in [6, 6.07) is 3.46. The molecule has 0 aliphatic carbocycles. The summed E-state index contributed by atoms with van der Waals surface area (Å²) in [6.07, 6.45) is 1.14. The van der Waals surface area contributed by atoms with Gasteiger partial charge in [0, 0.05) is 30.3 Å². The van der Waals surface area contributed by atoms with Crippen molar-refractivity contribution in [1.29, 1.82) is 0 Å². The van der Waals surface area contributed by atoms with Crippen molar-refractivity contribution in [3.05, 3.63) is 33.9 Å². The van der Waals surface area contributed by atoms with E-state index in [1.54, 1.807) is 6.92 Å². The number of nitrogens with zero attached hydrogens (tertiary/aromatic N) is 2. The molecule has 8 nitrogen and oxygen atoms in total. The van der Waals surface area contributed by atoms with Gasteiger partial charge < -0.3 is 14.7 Å². The van der Waals surface area contributed by atoms with Gasteiger partial charge in [-0.1, -0.05) is 0 Å². The number of nitro groups is 1. The molecular formula is C15H18N2O6. The van der Waals surface area contributed by atoms with Crippen molar-refractivity contribution in [2.75, 3.05) is 13.7 Å². The van der Waals surface area contributed by atoms with Crippen molar-refractivity contribution in [2.45, 2.75) is 25.8 Å². The highest BCUT2D eigenvalue weighted by atomic mass is 16.6. The number of carboxylic acid groups (broad SMARTS) is 1. The molecule has 2 atom stereocenters. The maximum absolute atomic E-state index is 12.6. The van der Waals surface area contributed by atoms with Crippen LogP contribution < -0.4 is 4.74 Å². The van der Waals surface area contributed by atoms with Crippen LogP contribution >= 0.6 is 0 Å². The number of carbonyl (C=O) groups is 2. The van der Waals surface area contributed by atoms with E-state index in [4.69, 9.17) is 4.74 Å². The van der Waals surface area contributed by atoms with Crippen LogP contribution in [0.2, 0.25) is 0 Å². The average Bonchev–Trinajstić information content (AvgIpc) is 2.53. The van der Waals surface area contributed by atoms with E-state index in [-0.39, 0.29) is 22.9 Å². The second-order valence-corrected chi connectivity index (χ2v) is 5.47. The average molecular weight is 322 g/mol. The molecule has 1 amide bonds. The van der Waals surface area contributed by atoms with Crippen LogP contribution in [0.25, 0.3) is 0 Å². The van der Waals surface area contributed by atoms with Crippen LogP contribution in [-0.4, -0.2) is 46.5 Å². The predicted octanol–water partition coefficient (Wildman–Crippen LogP) is 1.93. The Morgan fingerprint density at radius 3 is 2.70 bits per heavy atom. The van der Waals surface area contributed by atoms with E-state index in [0.717, 1.165) is 0 Å². The molecule has 1 aliphatic heterocycles. The lowest BCUT2D eigenvalue weighted by Crippen LogP contribution is -2.49. The largest absolute Gasteiger partial charge is 0.490 e. The Labute approximate surface area is 132 Å². The molecule has 0 saturated carbocycles. The number of ether oxygens (including phenoxy) is 1. The topological polar surface area (TPSA) is 110 Å². The molecule has 0 bridgehead atoms. The quantitative estimate of drug-likeness (QED) is 0.670. The summed E-state index contributed by atoms with van der Waals surface area (Å²) in [6.45, 7) is 2.17. The molecule has 1 heterocycles. The molecule has 0 unspecified atom stereocenters. The van der Waals surface area contributed by atoms with Crippen LogP contribution in [0, 0.1) is 16.0 Å². The molecular weight excluding hydrogens is 304 g/mol. The highest BCUT2D eigenvalue weighted by molar-refractivity contribution is 5.95. The third-order valence-electron chi connectivity index (χ3n) is 4.19. The van der Waals surface area contributed by atoms with Gasteiger partial charge in [0.15, 0.2) is 5.75 Å². The van der Waals surface area contributed by atoms with E-state index in [1.807, 2.05) is 0 Å². The molecule has 23 heavy (non-hydrogen) atoms. The van der Waals surface area contributed by atoms with Gasteiger partial charge in [0.25, 0.3) is 5.91 Å². The van der Waals surface area contributed by atoms with Crippen LogP contribution in [0.1, 0.15) is 30.1 Å². The standard InChI is InChI=1S/C15H18N2O6/c1-9-11(15(19)20)4-3-7-16(9)14(18)10-5-6-12(17(21)22)13(8-10)23-2/h5-6,8-9,11H,3-4,7H2,1-2H3,(H,19,20)/t9-,11-/m0/s1. The van der Waals surface area contributed by atoms with E-state index in [0.29, 0.717) is 19.4 Å². The fourth-order valence-electron chi connectivity index (χ4n) is 2.89. The molecule has 1 aromatic carbocycles. The van der Waals surface area contributed by atoms with Gasteiger partial charge in [-0.3, -0.25) is 19.7 Å². The normalized spacial score (nSPS) is 20.9. The minimum absolute atomic E-state index is 0.000275. The molecule has 1 N–H and O–H groups in total. The van der Waals surface area contributed by atoms with E-state index in [2.05, 4.69) is 0 Å². The van der Waals surface area contributed by atoms with Gasteiger partial charge >= 0.3 is 11.7 Å². The van der Waals surface area contributed by atoms with Gasteiger partial charge in [-0.15, -0.1) is 0 Å². The Morgan fingerprint density at radius 2 is 2.13 bits per heavy atom. The van der Waals surface area contributed by atoms with Gasteiger partial charge in [0.05, 0.1) is 18.0 Å². The Kier molecular flexibility index (Phi) is 4.83. The van der Waals surface area contributed by atoms with Crippen LogP contribution in [0.4, 0.5) is 5.69 Å². The SMILES string of the molecule is COc1cc(C(=O)N2CCC[C@H](C(=O)O)[C@@H]2C)ccc1[N+](=O)[O-]. The minimum atomic E-state index is -0.920. The molecule has 1 aliphatic rings. The highest BCUT2D eigenvalue weighted by Gasteiger charge is 2.36. The smallest absolute Gasteiger partial charge is 0.310 e. The molecule has 0 aromatic heterocycles. The molecule has 0 radical (unpaired) electrons. The second kappa shape index (κ2) is 6.64. The summed E-state index contributed by atoms with van der Waals surface area (Å²) in [7, 11) is 1.29. The first-order chi connectivity index (χ1) is 10.9. The number of methoxy groups -OCH3 is 1. The Hall–Kier alpha value is -2.64. The zero-order valence-electron chi connectivity index (χ0n) is 12.9. The fourth-order valence-corrected chi connectivity index (χ4v) is 2.89. The summed E-state index contributed by atoms with van der Waals surface area (Å²) in [5.41, 5.74) is 0.0180. The number of likely N-dealkylation sites (tertiary alicyclic amines) is 1. The zero-order valence-corrected chi connectivity index (χ0v) is 12.9. The second-order valence-electron chi connectivity index (χ2n) is 5.47. The number of hydrogen-bond acceptors (Lipinski definition) is 5.